The fraction of sp³-hybridized carbons (Fsp3) is 0.500. The fourth-order valence-corrected chi connectivity index (χ4v) is 1.07. The minimum atomic E-state index is -4.14. The van der Waals surface area contributed by atoms with Gasteiger partial charge in [0.05, 0.1) is 6.20 Å². The van der Waals surface area contributed by atoms with E-state index in [-0.39, 0.29) is 5.75 Å². The van der Waals surface area contributed by atoms with Gasteiger partial charge in [0.1, 0.15) is 5.75 Å². The summed E-state index contributed by atoms with van der Waals surface area (Å²) >= 11 is 0. The number of hydrogen-bond donors (Lipinski definition) is 0. The van der Waals surface area contributed by atoms with E-state index in [0.717, 1.165) is 0 Å². The summed E-state index contributed by atoms with van der Waals surface area (Å²) in [6.45, 7) is 2.01. The Morgan fingerprint density at radius 1 is 1.38 bits per heavy atom. The van der Waals surface area contributed by atoms with Crippen LogP contribution in [0.1, 0.15) is 11.3 Å². The minimum absolute atomic E-state index is 0.0888. The second-order valence-electron chi connectivity index (χ2n) is 3.44. The Morgan fingerprint density at radius 2 is 2.00 bits per heavy atom. The van der Waals surface area contributed by atoms with Crippen molar-refractivity contribution in [2.75, 3.05) is 6.61 Å². The van der Waals surface area contributed by atoms with Gasteiger partial charge in [-0.2, -0.15) is 8.78 Å². The highest BCUT2D eigenvalue weighted by molar-refractivity contribution is 5.30. The number of rotatable bonds is 4. The van der Waals surface area contributed by atoms with Crippen LogP contribution in [0.15, 0.2) is 12.3 Å². The first-order valence-electron chi connectivity index (χ1n) is 4.55. The molecule has 1 aromatic rings. The average molecular weight is 237 g/mol. The molecule has 90 valence electrons. The molecule has 0 fully saturated rings. The van der Waals surface area contributed by atoms with E-state index in [1.807, 2.05) is 0 Å². The molecular formula is C10H11F4NO. The zero-order valence-corrected chi connectivity index (χ0v) is 8.81. The van der Waals surface area contributed by atoms with Crippen molar-refractivity contribution < 1.29 is 22.3 Å². The van der Waals surface area contributed by atoms with Gasteiger partial charge >= 0.3 is 12.3 Å². The van der Waals surface area contributed by atoms with Crippen LogP contribution in [0.2, 0.25) is 0 Å². The van der Waals surface area contributed by atoms with Gasteiger partial charge in [0.15, 0.2) is 6.61 Å². The van der Waals surface area contributed by atoms with E-state index < -0.39 is 19.0 Å². The molecular weight excluding hydrogens is 226 g/mol. The topological polar surface area (TPSA) is 22.1 Å². The minimum Gasteiger partial charge on any atom is -0.485 e. The number of halogens is 4. The Balaban J connectivity index is 2.68. The van der Waals surface area contributed by atoms with Gasteiger partial charge in [-0.05, 0) is 25.5 Å². The van der Waals surface area contributed by atoms with Crippen LogP contribution in [0.25, 0.3) is 0 Å². The largest absolute Gasteiger partial charge is 0.485 e. The number of pyridine rings is 1. The van der Waals surface area contributed by atoms with Crippen molar-refractivity contribution in [3.63, 3.8) is 0 Å². The highest BCUT2D eigenvalue weighted by Crippen LogP contribution is 2.25. The van der Waals surface area contributed by atoms with Crippen LogP contribution in [0.5, 0.6) is 5.75 Å². The third-order valence-corrected chi connectivity index (χ3v) is 1.94. The SMILES string of the molecule is Cc1cc(C)c(OCC(F)(F)C(F)F)cn1. The van der Waals surface area contributed by atoms with Crippen molar-refractivity contribution in [1.29, 1.82) is 0 Å². The van der Waals surface area contributed by atoms with Gasteiger partial charge in [-0.1, -0.05) is 0 Å². The standard InChI is InChI=1S/C10H11F4NO/c1-6-3-7(2)15-4-8(6)16-5-10(13,14)9(11)12/h3-4,9H,5H2,1-2H3. The predicted molar refractivity (Wildman–Crippen MR) is 50.2 cm³/mol. The van der Waals surface area contributed by atoms with Gasteiger partial charge in [0.2, 0.25) is 0 Å². The van der Waals surface area contributed by atoms with Gasteiger partial charge in [-0.3, -0.25) is 4.98 Å². The zero-order valence-electron chi connectivity index (χ0n) is 8.81. The summed E-state index contributed by atoms with van der Waals surface area (Å²) in [6, 6.07) is 1.62. The summed E-state index contributed by atoms with van der Waals surface area (Å²) < 4.78 is 53.4. The molecule has 1 rings (SSSR count). The Morgan fingerprint density at radius 3 is 2.50 bits per heavy atom. The molecule has 0 aliphatic rings. The van der Waals surface area contributed by atoms with E-state index in [1.54, 1.807) is 19.9 Å². The van der Waals surface area contributed by atoms with E-state index in [1.165, 1.54) is 6.20 Å². The van der Waals surface area contributed by atoms with Crippen LogP contribution in [0, 0.1) is 13.8 Å². The van der Waals surface area contributed by atoms with Gasteiger partial charge in [-0.15, -0.1) is 0 Å². The zero-order chi connectivity index (χ0) is 12.3. The maximum Gasteiger partial charge on any atom is 0.340 e. The predicted octanol–water partition coefficient (Wildman–Crippen LogP) is 2.98. The highest BCUT2D eigenvalue weighted by atomic mass is 19.3. The van der Waals surface area contributed by atoms with Gasteiger partial charge < -0.3 is 4.74 Å². The van der Waals surface area contributed by atoms with E-state index in [2.05, 4.69) is 9.72 Å². The molecule has 0 aromatic carbocycles. The molecule has 0 saturated carbocycles. The molecule has 6 heteroatoms. The smallest absolute Gasteiger partial charge is 0.340 e. The van der Waals surface area contributed by atoms with Crippen molar-refractivity contribution in [3.05, 3.63) is 23.5 Å². The molecule has 0 bridgehead atoms. The second kappa shape index (κ2) is 4.67. The summed E-state index contributed by atoms with van der Waals surface area (Å²) in [5, 5.41) is 0. The van der Waals surface area contributed by atoms with Gasteiger partial charge in [-0.25, -0.2) is 8.78 Å². The lowest BCUT2D eigenvalue weighted by Crippen LogP contribution is -2.33. The van der Waals surface area contributed by atoms with E-state index in [9.17, 15) is 17.6 Å². The molecule has 2 nitrogen and oxygen atoms in total. The van der Waals surface area contributed by atoms with Crippen molar-refractivity contribution >= 4 is 0 Å². The molecule has 16 heavy (non-hydrogen) atoms. The van der Waals surface area contributed by atoms with E-state index >= 15 is 0 Å². The maximum atomic E-state index is 12.5. The van der Waals surface area contributed by atoms with Crippen molar-refractivity contribution in [2.45, 2.75) is 26.2 Å². The summed E-state index contributed by atoms with van der Waals surface area (Å²) in [5.74, 6) is -4.05. The summed E-state index contributed by atoms with van der Waals surface area (Å²) in [4.78, 5) is 3.83. The van der Waals surface area contributed by atoms with E-state index in [4.69, 9.17) is 0 Å². The second-order valence-corrected chi connectivity index (χ2v) is 3.44. The lowest BCUT2D eigenvalue weighted by molar-refractivity contribution is -0.148. The number of aryl methyl sites for hydroxylation is 2. The van der Waals surface area contributed by atoms with Gasteiger partial charge in [0, 0.05) is 5.69 Å². The molecule has 0 saturated heterocycles. The van der Waals surface area contributed by atoms with Crippen LogP contribution in [0.3, 0.4) is 0 Å². The third-order valence-electron chi connectivity index (χ3n) is 1.94. The third kappa shape index (κ3) is 3.08. The quantitative estimate of drug-likeness (QED) is 0.751. The van der Waals surface area contributed by atoms with Crippen LogP contribution in [-0.4, -0.2) is 23.9 Å². The van der Waals surface area contributed by atoms with Crippen molar-refractivity contribution in [2.24, 2.45) is 0 Å². The molecule has 0 N–H and O–H groups in total. The molecule has 0 amide bonds. The number of alkyl halides is 4. The van der Waals surface area contributed by atoms with Crippen LogP contribution in [0.4, 0.5) is 17.6 Å². The molecule has 0 aliphatic heterocycles. The lowest BCUT2D eigenvalue weighted by atomic mass is 10.2. The number of hydrogen-bond acceptors (Lipinski definition) is 2. The maximum absolute atomic E-state index is 12.5. The molecule has 0 aliphatic carbocycles. The van der Waals surface area contributed by atoms with Crippen LogP contribution < -0.4 is 4.74 Å². The Kier molecular flexibility index (Phi) is 3.72. The van der Waals surface area contributed by atoms with Crippen molar-refractivity contribution in [3.8, 4) is 5.75 Å². The number of ether oxygens (including phenoxy) is 1. The van der Waals surface area contributed by atoms with Crippen molar-refractivity contribution in [1.82, 2.24) is 4.98 Å². The monoisotopic (exact) mass is 237 g/mol. The first-order valence-corrected chi connectivity index (χ1v) is 4.55. The molecule has 0 radical (unpaired) electrons. The fourth-order valence-electron chi connectivity index (χ4n) is 1.07. The molecule has 1 aromatic heterocycles. The normalized spacial score (nSPS) is 11.9. The molecule has 1 heterocycles. The Hall–Kier alpha value is -1.33. The van der Waals surface area contributed by atoms with Crippen LogP contribution in [-0.2, 0) is 0 Å². The molecule has 0 atom stereocenters. The Labute approximate surface area is 90.3 Å². The first kappa shape index (κ1) is 12.7. The highest BCUT2D eigenvalue weighted by Gasteiger charge is 2.41. The lowest BCUT2D eigenvalue weighted by Gasteiger charge is -2.16. The summed E-state index contributed by atoms with van der Waals surface area (Å²) in [7, 11) is 0. The molecule has 0 spiro atoms. The Bertz CT molecular complexity index is 368. The number of aromatic nitrogens is 1. The molecule has 0 unspecified atom stereocenters. The average Bonchev–Trinajstić information content (AvgIpc) is 2.16. The summed E-state index contributed by atoms with van der Waals surface area (Å²) in [5.41, 5.74) is 1.28. The number of nitrogens with zero attached hydrogens (tertiary/aromatic N) is 1. The van der Waals surface area contributed by atoms with E-state index in [0.29, 0.717) is 11.3 Å². The van der Waals surface area contributed by atoms with Gasteiger partial charge in [0.25, 0.3) is 0 Å². The van der Waals surface area contributed by atoms with Crippen LogP contribution >= 0.6 is 0 Å². The summed E-state index contributed by atoms with van der Waals surface area (Å²) in [6.07, 6.45) is -2.49. The first-order chi connectivity index (χ1) is 7.33.